The second-order valence-corrected chi connectivity index (χ2v) is 14.9. The van der Waals surface area contributed by atoms with E-state index in [4.69, 9.17) is 15.0 Å². The summed E-state index contributed by atoms with van der Waals surface area (Å²) in [5.41, 5.74) is 7.55. The van der Waals surface area contributed by atoms with Gasteiger partial charge in [0.1, 0.15) is 0 Å². The number of hydrogen-bond donors (Lipinski definition) is 0. The van der Waals surface area contributed by atoms with Gasteiger partial charge in [-0.05, 0) is 72.8 Å². The van der Waals surface area contributed by atoms with Gasteiger partial charge >= 0.3 is 0 Å². The maximum Gasteiger partial charge on any atom is 0.165 e. The van der Waals surface area contributed by atoms with Gasteiger partial charge in [-0.25, -0.2) is 15.0 Å². The first-order valence-corrected chi connectivity index (χ1v) is 19.3. The van der Waals surface area contributed by atoms with Crippen molar-refractivity contribution in [3.8, 4) is 56.4 Å². The molecule has 0 bridgehead atoms. The Kier molecular flexibility index (Phi) is 7.35. The lowest BCUT2D eigenvalue weighted by atomic mass is 9.90. The van der Waals surface area contributed by atoms with Gasteiger partial charge in [0.25, 0.3) is 0 Å². The molecule has 0 fully saturated rings. The molecule has 55 heavy (non-hydrogen) atoms. The third-order valence-electron chi connectivity index (χ3n) is 10.8. The molecule has 0 spiro atoms. The molecule has 0 saturated heterocycles. The third kappa shape index (κ3) is 5.22. The number of aromatic nitrogens is 3. The summed E-state index contributed by atoms with van der Waals surface area (Å²) in [5.74, 6) is 1.95. The molecule has 0 aliphatic carbocycles. The zero-order chi connectivity index (χ0) is 36.3. The Morgan fingerprint density at radius 2 is 0.818 bits per heavy atom. The van der Waals surface area contributed by atoms with Crippen LogP contribution < -0.4 is 0 Å². The fourth-order valence-corrected chi connectivity index (χ4v) is 9.42. The van der Waals surface area contributed by atoms with Crippen LogP contribution in [-0.2, 0) is 0 Å². The average molecular weight is 718 g/mol. The van der Waals surface area contributed by atoms with Crippen molar-refractivity contribution in [1.82, 2.24) is 15.0 Å². The molecule has 11 rings (SSSR count). The summed E-state index contributed by atoms with van der Waals surface area (Å²) in [6.07, 6.45) is 0. The summed E-state index contributed by atoms with van der Waals surface area (Å²) in [4.78, 5) is 16.3. The van der Waals surface area contributed by atoms with E-state index in [2.05, 4.69) is 188 Å². The van der Waals surface area contributed by atoms with Crippen molar-refractivity contribution in [2.45, 2.75) is 0 Å². The predicted molar refractivity (Wildman–Crippen MR) is 232 cm³/mol. The molecule has 2 aromatic heterocycles. The molecule has 11 aromatic rings. The van der Waals surface area contributed by atoms with Crippen LogP contribution in [0.25, 0.3) is 109 Å². The van der Waals surface area contributed by atoms with Crippen LogP contribution in [0.2, 0.25) is 0 Å². The first kappa shape index (κ1) is 31.5. The van der Waals surface area contributed by atoms with E-state index in [1.54, 1.807) is 11.3 Å². The zero-order valence-electron chi connectivity index (χ0n) is 29.6. The minimum atomic E-state index is 0.644. The summed E-state index contributed by atoms with van der Waals surface area (Å²) >= 11 is 1.79. The van der Waals surface area contributed by atoms with Crippen LogP contribution in [0.5, 0.6) is 0 Å². The van der Waals surface area contributed by atoms with Gasteiger partial charge < -0.3 is 0 Å². The number of fused-ring (bicyclic) bond motifs is 6. The van der Waals surface area contributed by atoms with Crippen molar-refractivity contribution < 1.29 is 0 Å². The first-order chi connectivity index (χ1) is 27.3. The first-order valence-electron chi connectivity index (χ1n) is 18.5. The maximum atomic E-state index is 5.47. The standard InChI is InChI=1S/C51H31N3S/c1-2-14-32(15-3-1)36-30-31-44(40-22-9-8-21-38(36)40)49-52-50(45-26-13-25-43-41-23-10-11-27-46(41)55-48(43)45)54-51(53-49)47-37-20-7-5-17-34(37)28-29-42(47)39-24-12-18-33-16-4-6-19-35(33)39/h1-31H. The van der Waals surface area contributed by atoms with Gasteiger partial charge in [-0.3, -0.25) is 0 Å². The van der Waals surface area contributed by atoms with E-state index in [1.165, 1.54) is 42.1 Å². The molecule has 0 unspecified atom stereocenters. The number of hydrogen-bond acceptors (Lipinski definition) is 4. The number of benzene rings is 9. The SMILES string of the molecule is c1ccc(-c2ccc(-c3nc(-c4c(-c5cccc6ccccc56)ccc5ccccc45)nc(-c4cccc5c4sc4ccccc45)n3)c3ccccc23)cc1. The van der Waals surface area contributed by atoms with Crippen LogP contribution in [0.4, 0.5) is 0 Å². The van der Waals surface area contributed by atoms with Gasteiger partial charge in [-0.1, -0.05) is 170 Å². The van der Waals surface area contributed by atoms with Gasteiger partial charge in [0.2, 0.25) is 0 Å². The highest BCUT2D eigenvalue weighted by atomic mass is 32.1. The summed E-state index contributed by atoms with van der Waals surface area (Å²) in [7, 11) is 0. The molecule has 4 heteroatoms. The van der Waals surface area contributed by atoms with Crippen LogP contribution in [0, 0.1) is 0 Å². The highest BCUT2D eigenvalue weighted by Crippen LogP contribution is 2.43. The molecule has 2 heterocycles. The normalized spacial score (nSPS) is 11.6. The van der Waals surface area contributed by atoms with Gasteiger partial charge in [0.05, 0.1) is 0 Å². The second kappa shape index (κ2) is 12.8. The molecule has 256 valence electrons. The van der Waals surface area contributed by atoms with Gasteiger partial charge in [-0.2, -0.15) is 0 Å². The Labute approximate surface area is 321 Å². The van der Waals surface area contributed by atoms with Crippen LogP contribution in [0.15, 0.2) is 188 Å². The molecule has 0 saturated carbocycles. The van der Waals surface area contributed by atoms with Gasteiger partial charge in [0.15, 0.2) is 17.5 Å². The van der Waals surface area contributed by atoms with Gasteiger partial charge in [-0.15, -0.1) is 11.3 Å². The van der Waals surface area contributed by atoms with Crippen LogP contribution in [0.3, 0.4) is 0 Å². The molecule has 0 atom stereocenters. The van der Waals surface area contributed by atoms with Gasteiger partial charge in [0, 0.05) is 36.9 Å². The van der Waals surface area contributed by atoms with Crippen LogP contribution >= 0.6 is 11.3 Å². The van der Waals surface area contributed by atoms with E-state index in [-0.39, 0.29) is 0 Å². The lowest BCUT2D eigenvalue weighted by molar-refractivity contribution is 1.08. The van der Waals surface area contributed by atoms with E-state index in [9.17, 15) is 0 Å². The van der Waals surface area contributed by atoms with Crippen molar-refractivity contribution >= 4 is 63.8 Å². The Bertz CT molecular complexity index is 3270. The Hall–Kier alpha value is -7.01. The van der Waals surface area contributed by atoms with E-state index in [1.807, 2.05) is 0 Å². The summed E-state index contributed by atoms with van der Waals surface area (Å²) < 4.78 is 2.41. The largest absolute Gasteiger partial charge is 0.208 e. The molecule has 0 N–H and O–H groups in total. The minimum absolute atomic E-state index is 0.644. The van der Waals surface area contributed by atoms with Crippen molar-refractivity contribution in [1.29, 1.82) is 0 Å². The van der Waals surface area contributed by atoms with Crippen LogP contribution in [0.1, 0.15) is 0 Å². The Morgan fingerprint density at radius 1 is 0.291 bits per heavy atom. The molecule has 9 aromatic carbocycles. The molecule has 0 radical (unpaired) electrons. The third-order valence-corrected chi connectivity index (χ3v) is 12.0. The quantitative estimate of drug-likeness (QED) is 0.178. The van der Waals surface area contributed by atoms with Crippen molar-refractivity contribution in [2.75, 3.05) is 0 Å². The lowest BCUT2D eigenvalue weighted by Gasteiger charge is -2.17. The Morgan fingerprint density at radius 3 is 1.64 bits per heavy atom. The molecule has 0 aliphatic rings. The summed E-state index contributed by atoms with van der Waals surface area (Å²) in [6, 6.07) is 66.8. The second-order valence-electron chi connectivity index (χ2n) is 13.9. The molecule has 0 aliphatic heterocycles. The van der Waals surface area contributed by atoms with Crippen LogP contribution in [-0.4, -0.2) is 15.0 Å². The molecular formula is C51H31N3S. The topological polar surface area (TPSA) is 38.7 Å². The van der Waals surface area contributed by atoms with Crippen molar-refractivity contribution in [3.63, 3.8) is 0 Å². The maximum absolute atomic E-state index is 5.47. The van der Waals surface area contributed by atoms with E-state index >= 15 is 0 Å². The van der Waals surface area contributed by atoms with E-state index in [0.29, 0.717) is 17.5 Å². The zero-order valence-corrected chi connectivity index (χ0v) is 30.5. The Balaban J connectivity index is 1.24. The van der Waals surface area contributed by atoms with E-state index in [0.717, 1.165) is 49.4 Å². The minimum Gasteiger partial charge on any atom is -0.208 e. The number of rotatable bonds is 5. The molecular weight excluding hydrogens is 687 g/mol. The monoisotopic (exact) mass is 717 g/mol. The highest BCUT2D eigenvalue weighted by Gasteiger charge is 2.22. The number of thiophene rings is 1. The lowest BCUT2D eigenvalue weighted by Crippen LogP contribution is -2.02. The summed E-state index contributed by atoms with van der Waals surface area (Å²) in [5, 5.41) is 9.32. The molecule has 3 nitrogen and oxygen atoms in total. The average Bonchev–Trinajstić information content (AvgIpc) is 3.64. The predicted octanol–water partition coefficient (Wildman–Crippen LogP) is 14.0. The van der Waals surface area contributed by atoms with Crippen molar-refractivity contribution in [2.24, 2.45) is 0 Å². The molecule has 0 amide bonds. The smallest absolute Gasteiger partial charge is 0.165 e. The van der Waals surface area contributed by atoms with Crippen molar-refractivity contribution in [3.05, 3.63) is 188 Å². The number of nitrogens with zero attached hydrogens (tertiary/aromatic N) is 3. The van der Waals surface area contributed by atoms with E-state index < -0.39 is 0 Å². The highest BCUT2D eigenvalue weighted by molar-refractivity contribution is 7.26. The fourth-order valence-electron chi connectivity index (χ4n) is 8.21. The fraction of sp³-hybridized carbons (Fsp3) is 0. The summed E-state index contributed by atoms with van der Waals surface area (Å²) in [6.45, 7) is 0.